The van der Waals surface area contributed by atoms with Crippen molar-refractivity contribution in [2.75, 3.05) is 32.7 Å². The summed E-state index contributed by atoms with van der Waals surface area (Å²) in [6, 6.07) is 7.71. The van der Waals surface area contributed by atoms with Crippen LogP contribution in [0, 0.1) is 0 Å². The Morgan fingerprint density at radius 3 is 2.75 bits per heavy atom. The third kappa shape index (κ3) is 4.32. The zero-order chi connectivity index (χ0) is 14.2. The second-order valence-electron chi connectivity index (χ2n) is 5.35. The van der Waals surface area contributed by atoms with Gasteiger partial charge >= 0.3 is 0 Å². The zero-order valence-corrected chi connectivity index (χ0v) is 12.1. The molecule has 3 N–H and O–H groups in total. The van der Waals surface area contributed by atoms with Crippen LogP contribution in [-0.4, -0.2) is 43.5 Å². The Hall–Kier alpha value is -1.39. The van der Waals surface area contributed by atoms with Gasteiger partial charge in [0.15, 0.2) is 0 Å². The highest BCUT2D eigenvalue weighted by Gasteiger charge is 2.12. The monoisotopic (exact) mass is 275 g/mol. The number of hydrogen-bond acceptors (Lipinski definition) is 3. The smallest absolute Gasteiger partial charge is 0.251 e. The molecule has 4 nitrogen and oxygen atoms in total. The van der Waals surface area contributed by atoms with Gasteiger partial charge in [-0.3, -0.25) is 4.79 Å². The first-order valence-corrected chi connectivity index (χ1v) is 7.60. The molecule has 1 amide bonds. The van der Waals surface area contributed by atoms with Crippen LogP contribution < -0.4 is 11.1 Å². The van der Waals surface area contributed by atoms with Crippen molar-refractivity contribution in [3.63, 3.8) is 0 Å². The van der Waals surface area contributed by atoms with Gasteiger partial charge < -0.3 is 16.0 Å². The van der Waals surface area contributed by atoms with Gasteiger partial charge in [-0.2, -0.15) is 0 Å². The second kappa shape index (κ2) is 8.02. The number of rotatable bonds is 7. The summed E-state index contributed by atoms with van der Waals surface area (Å²) < 4.78 is 0. The summed E-state index contributed by atoms with van der Waals surface area (Å²) in [5.41, 5.74) is 7.38. The minimum Gasteiger partial charge on any atom is -0.352 e. The Bertz CT molecular complexity index is 427. The van der Waals surface area contributed by atoms with E-state index in [0.29, 0.717) is 6.54 Å². The van der Waals surface area contributed by atoms with Crippen molar-refractivity contribution in [2.45, 2.75) is 25.7 Å². The molecule has 0 aromatic heterocycles. The molecular formula is C16H25N3O. The molecule has 0 aliphatic carbocycles. The minimum atomic E-state index is 0.0236. The lowest BCUT2D eigenvalue weighted by atomic mass is 10.0. The molecule has 1 aliphatic rings. The maximum absolute atomic E-state index is 12.2. The molecule has 0 saturated carbocycles. The molecule has 0 radical (unpaired) electrons. The van der Waals surface area contributed by atoms with E-state index in [9.17, 15) is 4.79 Å². The molecule has 0 unspecified atom stereocenters. The topological polar surface area (TPSA) is 58.4 Å². The molecule has 4 heteroatoms. The van der Waals surface area contributed by atoms with Crippen LogP contribution in [-0.2, 0) is 6.42 Å². The van der Waals surface area contributed by atoms with E-state index >= 15 is 0 Å². The predicted molar refractivity (Wildman–Crippen MR) is 81.8 cm³/mol. The molecular weight excluding hydrogens is 250 g/mol. The van der Waals surface area contributed by atoms with Gasteiger partial charge in [0.05, 0.1) is 0 Å². The summed E-state index contributed by atoms with van der Waals surface area (Å²) in [5, 5.41) is 3.02. The SMILES string of the molecule is NCCc1ccccc1C(=O)NCCCN1CCCC1. The summed E-state index contributed by atoms with van der Waals surface area (Å²) in [6.07, 6.45) is 4.40. The lowest BCUT2D eigenvalue weighted by molar-refractivity contribution is 0.0951. The van der Waals surface area contributed by atoms with E-state index in [0.717, 1.165) is 37.1 Å². The van der Waals surface area contributed by atoms with E-state index in [1.54, 1.807) is 0 Å². The van der Waals surface area contributed by atoms with Crippen molar-refractivity contribution >= 4 is 5.91 Å². The van der Waals surface area contributed by atoms with Crippen LogP contribution in [0.1, 0.15) is 35.2 Å². The largest absolute Gasteiger partial charge is 0.352 e. The molecule has 2 rings (SSSR count). The van der Waals surface area contributed by atoms with Gasteiger partial charge in [0.25, 0.3) is 5.91 Å². The van der Waals surface area contributed by atoms with Crippen molar-refractivity contribution in [1.82, 2.24) is 10.2 Å². The number of carbonyl (C=O) groups excluding carboxylic acids is 1. The zero-order valence-electron chi connectivity index (χ0n) is 12.1. The molecule has 1 fully saturated rings. The Morgan fingerprint density at radius 1 is 1.25 bits per heavy atom. The van der Waals surface area contributed by atoms with Crippen molar-refractivity contribution in [3.05, 3.63) is 35.4 Å². The van der Waals surface area contributed by atoms with E-state index in [1.807, 2.05) is 24.3 Å². The maximum Gasteiger partial charge on any atom is 0.251 e. The van der Waals surface area contributed by atoms with Crippen LogP contribution >= 0.6 is 0 Å². The first-order chi connectivity index (χ1) is 9.81. The lowest BCUT2D eigenvalue weighted by Gasteiger charge is -2.14. The quantitative estimate of drug-likeness (QED) is 0.740. The molecule has 1 aromatic rings. The first-order valence-electron chi connectivity index (χ1n) is 7.60. The average Bonchev–Trinajstić information content (AvgIpc) is 2.97. The standard InChI is InChI=1S/C16H25N3O/c17-9-8-14-6-1-2-7-15(14)16(20)18-10-5-13-19-11-3-4-12-19/h1-2,6-7H,3-5,8-13,17H2,(H,18,20). The van der Waals surface area contributed by atoms with E-state index in [-0.39, 0.29) is 5.91 Å². The van der Waals surface area contributed by atoms with Gasteiger partial charge in [-0.1, -0.05) is 18.2 Å². The van der Waals surface area contributed by atoms with E-state index < -0.39 is 0 Å². The van der Waals surface area contributed by atoms with Crippen molar-refractivity contribution in [3.8, 4) is 0 Å². The number of likely N-dealkylation sites (tertiary alicyclic amines) is 1. The molecule has 1 heterocycles. The van der Waals surface area contributed by atoms with Gasteiger partial charge in [0, 0.05) is 12.1 Å². The number of nitrogens with one attached hydrogen (secondary N) is 1. The average molecular weight is 275 g/mol. The molecule has 1 aromatic carbocycles. The molecule has 0 atom stereocenters. The number of amides is 1. The van der Waals surface area contributed by atoms with E-state index in [4.69, 9.17) is 5.73 Å². The van der Waals surface area contributed by atoms with E-state index in [1.165, 1.54) is 25.9 Å². The van der Waals surface area contributed by atoms with Crippen LogP contribution in [0.25, 0.3) is 0 Å². The van der Waals surface area contributed by atoms with Gasteiger partial charge in [0.1, 0.15) is 0 Å². The maximum atomic E-state index is 12.2. The highest BCUT2D eigenvalue weighted by Crippen LogP contribution is 2.09. The highest BCUT2D eigenvalue weighted by atomic mass is 16.1. The Labute approximate surface area is 121 Å². The lowest BCUT2D eigenvalue weighted by Crippen LogP contribution is -2.29. The Kier molecular flexibility index (Phi) is 6.02. The molecule has 20 heavy (non-hydrogen) atoms. The van der Waals surface area contributed by atoms with Crippen LogP contribution in [0.4, 0.5) is 0 Å². The number of carbonyl (C=O) groups is 1. The van der Waals surface area contributed by atoms with Crippen molar-refractivity contribution < 1.29 is 4.79 Å². The second-order valence-corrected chi connectivity index (χ2v) is 5.35. The minimum absolute atomic E-state index is 0.0236. The number of nitrogens with zero attached hydrogens (tertiary/aromatic N) is 1. The Balaban J connectivity index is 1.76. The van der Waals surface area contributed by atoms with Gasteiger partial charge in [-0.25, -0.2) is 0 Å². The summed E-state index contributed by atoms with van der Waals surface area (Å²) in [6.45, 7) is 4.83. The van der Waals surface area contributed by atoms with Crippen molar-refractivity contribution in [1.29, 1.82) is 0 Å². The van der Waals surface area contributed by atoms with Crippen molar-refractivity contribution in [2.24, 2.45) is 5.73 Å². The molecule has 1 aliphatic heterocycles. The number of benzene rings is 1. The van der Waals surface area contributed by atoms with Crippen LogP contribution in [0.3, 0.4) is 0 Å². The normalized spacial score (nSPS) is 15.4. The van der Waals surface area contributed by atoms with Gasteiger partial charge in [0.2, 0.25) is 0 Å². The fourth-order valence-corrected chi connectivity index (χ4v) is 2.72. The van der Waals surface area contributed by atoms with Crippen LogP contribution in [0.2, 0.25) is 0 Å². The van der Waals surface area contributed by atoms with Crippen LogP contribution in [0.5, 0.6) is 0 Å². The first kappa shape index (κ1) is 15.0. The number of nitrogens with two attached hydrogens (primary N) is 1. The van der Waals surface area contributed by atoms with Gasteiger partial charge in [-0.05, 0) is 63.5 Å². The summed E-state index contributed by atoms with van der Waals surface area (Å²) in [7, 11) is 0. The predicted octanol–water partition coefficient (Wildman–Crippen LogP) is 1.40. The van der Waals surface area contributed by atoms with E-state index in [2.05, 4.69) is 10.2 Å². The highest BCUT2D eigenvalue weighted by molar-refractivity contribution is 5.95. The van der Waals surface area contributed by atoms with Crippen LogP contribution in [0.15, 0.2) is 24.3 Å². The fourth-order valence-electron chi connectivity index (χ4n) is 2.72. The third-order valence-electron chi connectivity index (χ3n) is 3.81. The summed E-state index contributed by atoms with van der Waals surface area (Å²) >= 11 is 0. The molecule has 1 saturated heterocycles. The molecule has 0 spiro atoms. The van der Waals surface area contributed by atoms with Gasteiger partial charge in [-0.15, -0.1) is 0 Å². The fraction of sp³-hybridized carbons (Fsp3) is 0.562. The number of hydrogen-bond donors (Lipinski definition) is 2. The Morgan fingerprint density at radius 2 is 2.00 bits per heavy atom. The summed E-state index contributed by atoms with van der Waals surface area (Å²) in [5.74, 6) is 0.0236. The molecule has 110 valence electrons. The third-order valence-corrected chi connectivity index (χ3v) is 3.81. The molecule has 0 bridgehead atoms. The summed E-state index contributed by atoms with van der Waals surface area (Å²) in [4.78, 5) is 14.6.